The molecule has 0 radical (unpaired) electrons. The lowest BCUT2D eigenvalue weighted by Crippen LogP contribution is -2.34. The van der Waals surface area contributed by atoms with Crippen molar-refractivity contribution in [2.24, 2.45) is 0 Å². The van der Waals surface area contributed by atoms with Gasteiger partial charge in [-0.2, -0.15) is 0 Å². The van der Waals surface area contributed by atoms with E-state index in [0.29, 0.717) is 19.2 Å². The smallest absolute Gasteiger partial charge is 0.342 e. The van der Waals surface area contributed by atoms with Crippen LogP contribution in [0.4, 0.5) is 15.8 Å². The number of halogens is 1. The Labute approximate surface area is 121 Å². The molecule has 8 heteroatoms. The lowest BCUT2D eigenvalue weighted by atomic mass is 10.1. The first-order valence-corrected chi connectivity index (χ1v) is 6.26. The summed E-state index contributed by atoms with van der Waals surface area (Å²) in [6.45, 7) is 4.26. The molecule has 0 bridgehead atoms. The van der Waals surface area contributed by atoms with Gasteiger partial charge in [0.15, 0.2) is 5.82 Å². The number of hydrogen-bond acceptors (Lipinski definition) is 5. The zero-order valence-electron chi connectivity index (χ0n) is 12.0. The van der Waals surface area contributed by atoms with E-state index >= 15 is 0 Å². The van der Waals surface area contributed by atoms with Crippen molar-refractivity contribution in [2.75, 3.05) is 25.2 Å². The molecule has 1 aromatic carbocycles. The number of nitro groups is 1. The normalized spacial score (nSPS) is 10.7. The van der Waals surface area contributed by atoms with Gasteiger partial charge in [-0.1, -0.05) is 0 Å². The number of carboxylic acids is 1. The summed E-state index contributed by atoms with van der Waals surface area (Å²) in [5, 5.41) is 19.9. The van der Waals surface area contributed by atoms with Crippen molar-refractivity contribution in [2.45, 2.75) is 19.9 Å². The lowest BCUT2D eigenvalue weighted by Gasteiger charge is -2.29. The Kier molecular flexibility index (Phi) is 5.60. The number of nitrogens with zero attached hydrogens (tertiary/aromatic N) is 2. The van der Waals surface area contributed by atoms with Crippen molar-refractivity contribution in [1.29, 1.82) is 0 Å². The average Bonchev–Trinajstić information content (AvgIpc) is 2.39. The molecular formula is C13H17FN2O5. The summed E-state index contributed by atoms with van der Waals surface area (Å²) >= 11 is 0. The van der Waals surface area contributed by atoms with Crippen molar-refractivity contribution in [1.82, 2.24) is 0 Å². The Morgan fingerprint density at radius 2 is 2.14 bits per heavy atom. The van der Waals surface area contributed by atoms with Gasteiger partial charge in [0, 0.05) is 19.7 Å². The maximum atomic E-state index is 14.1. The van der Waals surface area contributed by atoms with E-state index in [2.05, 4.69) is 0 Å². The van der Waals surface area contributed by atoms with Crippen LogP contribution in [0.2, 0.25) is 0 Å². The molecule has 0 spiro atoms. The topological polar surface area (TPSA) is 92.9 Å². The number of methoxy groups -OCH3 is 1. The lowest BCUT2D eigenvalue weighted by molar-refractivity contribution is -0.385. The summed E-state index contributed by atoms with van der Waals surface area (Å²) in [6, 6.07) is 1.50. The van der Waals surface area contributed by atoms with E-state index in [-0.39, 0.29) is 11.7 Å². The maximum absolute atomic E-state index is 14.1. The van der Waals surface area contributed by atoms with Crippen molar-refractivity contribution < 1.29 is 24.0 Å². The fourth-order valence-corrected chi connectivity index (χ4v) is 1.94. The van der Waals surface area contributed by atoms with Gasteiger partial charge in [0.1, 0.15) is 5.56 Å². The van der Waals surface area contributed by atoms with Crippen LogP contribution in [0.1, 0.15) is 24.2 Å². The minimum absolute atomic E-state index is 0.00468. The highest BCUT2D eigenvalue weighted by atomic mass is 19.1. The number of ether oxygens (including phenoxy) is 1. The Morgan fingerprint density at radius 1 is 1.52 bits per heavy atom. The van der Waals surface area contributed by atoms with Crippen LogP contribution in [0.3, 0.4) is 0 Å². The van der Waals surface area contributed by atoms with Crippen LogP contribution >= 0.6 is 0 Å². The van der Waals surface area contributed by atoms with E-state index in [1.54, 1.807) is 18.7 Å². The standard InChI is InChI=1S/C13H17FN2O5/c1-8(2)15(4-5-21-3)12-6-9(13(17)18)11(16(19)20)7-10(12)14/h6-8H,4-5H2,1-3H3,(H,17,18). The van der Waals surface area contributed by atoms with E-state index in [0.717, 1.165) is 6.07 Å². The second kappa shape index (κ2) is 6.98. The van der Waals surface area contributed by atoms with Crippen LogP contribution in [0, 0.1) is 15.9 Å². The molecule has 0 aliphatic rings. The van der Waals surface area contributed by atoms with E-state index in [4.69, 9.17) is 9.84 Å². The van der Waals surface area contributed by atoms with Crippen molar-refractivity contribution >= 4 is 17.3 Å². The summed E-state index contributed by atoms with van der Waals surface area (Å²) < 4.78 is 19.0. The van der Waals surface area contributed by atoms with Gasteiger partial charge in [-0.25, -0.2) is 9.18 Å². The highest BCUT2D eigenvalue weighted by Crippen LogP contribution is 2.29. The van der Waals surface area contributed by atoms with Crippen LogP contribution in [-0.4, -0.2) is 42.3 Å². The summed E-state index contributed by atoms with van der Waals surface area (Å²) in [4.78, 5) is 22.6. The number of anilines is 1. The Balaban J connectivity index is 3.37. The molecular weight excluding hydrogens is 283 g/mol. The number of hydrogen-bond donors (Lipinski definition) is 1. The van der Waals surface area contributed by atoms with Crippen LogP contribution < -0.4 is 4.90 Å². The maximum Gasteiger partial charge on any atom is 0.342 e. The monoisotopic (exact) mass is 300 g/mol. The predicted octanol–water partition coefficient (Wildman–Crippen LogP) is 2.29. The van der Waals surface area contributed by atoms with Crippen LogP contribution in [0.5, 0.6) is 0 Å². The second-order valence-electron chi connectivity index (χ2n) is 4.66. The zero-order chi connectivity index (χ0) is 16.2. The molecule has 1 aromatic rings. The molecule has 0 aromatic heterocycles. The molecule has 1 rings (SSSR count). The molecule has 0 amide bonds. The van der Waals surface area contributed by atoms with Gasteiger partial charge in [0.05, 0.1) is 23.3 Å². The third-order valence-electron chi connectivity index (χ3n) is 2.96. The molecule has 0 aliphatic heterocycles. The molecule has 0 unspecified atom stereocenters. The summed E-state index contributed by atoms with van der Waals surface area (Å²) in [6.07, 6.45) is 0. The molecule has 0 atom stereocenters. The van der Waals surface area contributed by atoms with Crippen LogP contribution in [0.15, 0.2) is 12.1 Å². The molecule has 0 saturated carbocycles. The van der Waals surface area contributed by atoms with Crippen molar-refractivity contribution in [3.8, 4) is 0 Å². The first-order valence-electron chi connectivity index (χ1n) is 6.26. The number of carboxylic acid groups (broad SMARTS) is 1. The van der Waals surface area contributed by atoms with Gasteiger partial charge in [-0.05, 0) is 19.9 Å². The molecule has 7 nitrogen and oxygen atoms in total. The van der Waals surface area contributed by atoms with E-state index in [9.17, 15) is 19.3 Å². The molecule has 0 fully saturated rings. The number of rotatable bonds is 7. The first-order chi connectivity index (χ1) is 9.79. The molecule has 21 heavy (non-hydrogen) atoms. The third kappa shape index (κ3) is 3.88. The third-order valence-corrected chi connectivity index (χ3v) is 2.96. The average molecular weight is 300 g/mol. The van der Waals surface area contributed by atoms with E-state index in [1.807, 2.05) is 0 Å². The highest BCUT2D eigenvalue weighted by Gasteiger charge is 2.26. The Morgan fingerprint density at radius 3 is 2.57 bits per heavy atom. The number of carbonyl (C=O) groups is 1. The molecule has 0 heterocycles. The first kappa shape index (κ1) is 16.8. The van der Waals surface area contributed by atoms with Crippen molar-refractivity contribution in [3.63, 3.8) is 0 Å². The van der Waals surface area contributed by atoms with Gasteiger partial charge in [0.25, 0.3) is 5.69 Å². The van der Waals surface area contributed by atoms with Gasteiger partial charge >= 0.3 is 5.97 Å². The molecule has 116 valence electrons. The quantitative estimate of drug-likeness (QED) is 0.613. The van der Waals surface area contributed by atoms with Crippen molar-refractivity contribution in [3.05, 3.63) is 33.6 Å². The summed E-state index contributed by atoms with van der Waals surface area (Å²) in [5.74, 6) is -2.31. The Hall–Kier alpha value is -2.22. The highest BCUT2D eigenvalue weighted by molar-refractivity contribution is 5.93. The summed E-state index contributed by atoms with van der Waals surface area (Å²) in [7, 11) is 1.49. The SMILES string of the molecule is COCCN(c1cc(C(=O)O)c([N+](=O)[O-])cc1F)C(C)C. The van der Waals surface area contributed by atoms with Gasteiger partial charge < -0.3 is 14.7 Å². The summed E-state index contributed by atoms with van der Waals surface area (Å²) in [5.41, 5.74) is -1.30. The van der Waals surface area contributed by atoms with Gasteiger partial charge in [0.2, 0.25) is 0 Å². The predicted molar refractivity (Wildman–Crippen MR) is 74.4 cm³/mol. The van der Waals surface area contributed by atoms with Gasteiger partial charge in [-0.3, -0.25) is 10.1 Å². The number of benzene rings is 1. The molecule has 0 aliphatic carbocycles. The number of aromatic carboxylic acids is 1. The fraction of sp³-hybridized carbons (Fsp3) is 0.462. The molecule has 0 saturated heterocycles. The van der Waals surface area contributed by atoms with Crippen LogP contribution in [0.25, 0.3) is 0 Å². The largest absolute Gasteiger partial charge is 0.477 e. The van der Waals surface area contributed by atoms with E-state index < -0.39 is 28.0 Å². The Bertz CT molecular complexity index is 548. The molecule has 1 N–H and O–H groups in total. The minimum Gasteiger partial charge on any atom is -0.477 e. The fourth-order valence-electron chi connectivity index (χ4n) is 1.94. The second-order valence-corrected chi connectivity index (χ2v) is 4.66. The van der Waals surface area contributed by atoms with Crippen LogP contribution in [-0.2, 0) is 4.74 Å². The van der Waals surface area contributed by atoms with E-state index in [1.165, 1.54) is 7.11 Å². The number of nitro benzene ring substituents is 1. The van der Waals surface area contributed by atoms with Gasteiger partial charge in [-0.15, -0.1) is 0 Å². The minimum atomic E-state index is -1.47. The zero-order valence-corrected chi connectivity index (χ0v) is 12.0.